The van der Waals surface area contributed by atoms with E-state index in [9.17, 15) is 4.79 Å². The lowest BCUT2D eigenvalue weighted by atomic mass is 9.78. The molecule has 6 nitrogen and oxygen atoms in total. The SMILES string of the molecule is CCOC1(c2noc(CC(=O)OC)n2)CCCC(C)C1. The minimum atomic E-state index is -0.468. The van der Waals surface area contributed by atoms with Gasteiger partial charge in [-0.3, -0.25) is 4.79 Å². The van der Waals surface area contributed by atoms with Crippen LogP contribution in [0.25, 0.3) is 0 Å². The quantitative estimate of drug-likeness (QED) is 0.771. The molecule has 1 heterocycles. The summed E-state index contributed by atoms with van der Waals surface area (Å²) in [4.78, 5) is 15.6. The van der Waals surface area contributed by atoms with E-state index in [0.717, 1.165) is 19.3 Å². The van der Waals surface area contributed by atoms with Crippen LogP contribution in [0, 0.1) is 5.92 Å². The molecule has 0 amide bonds. The molecule has 0 N–H and O–H groups in total. The smallest absolute Gasteiger partial charge is 0.315 e. The van der Waals surface area contributed by atoms with E-state index < -0.39 is 5.60 Å². The lowest BCUT2D eigenvalue weighted by molar-refractivity contribution is -0.140. The maximum Gasteiger partial charge on any atom is 0.315 e. The molecule has 1 aromatic heterocycles. The van der Waals surface area contributed by atoms with Gasteiger partial charge in [0.2, 0.25) is 11.7 Å². The number of carbonyl (C=O) groups is 1. The van der Waals surface area contributed by atoms with E-state index in [1.165, 1.54) is 13.5 Å². The third-order valence-corrected chi connectivity index (χ3v) is 3.78. The molecule has 6 heteroatoms. The fourth-order valence-corrected chi connectivity index (χ4v) is 2.89. The van der Waals surface area contributed by atoms with Gasteiger partial charge in [0.1, 0.15) is 12.0 Å². The van der Waals surface area contributed by atoms with Gasteiger partial charge < -0.3 is 14.0 Å². The third-order valence-electron chi connectivity index (χ3n) is 3.78. The van der Waals surface area contributed by atoms with Crippen LogP contribution < -0.4 is 0 Å². The topological polar surface area (TPSA) is 74.5 Å². The van der Waals surface area contributed by atoms with Gasteiger partial charge in [-0.25, -0.2) is 0 Å². The van der Waals surface area contributed by atoms with E-state index >= 15 is 0 Å². The Kier molecular flexibility index (Phi) is 4.75. The molecule has 0 bridgehead atoms. The summed E-state index contributed by atoms with van der Waals surface area (Å²) < 4.78 is 15.7. The fourth-order valence-electron chi connectivity index (χ4n) is 2.89. The van der Waals surface area contributed by atoms with Crippen molar-refractivity contribution in [2.45, 2.75) is 51.6 Å². The Morgan fingerprint density at radius 1 is 1.55 bits per heavy atom. The zero-order valence-corrected chi connectivity index (χ0v) is 12.3. The van der Waals surface area contributed by atoms with Crippen LogP contribution in [0.4, 0.5) is 0 Å². The van der Waals surface area contributed by atoms with Gasteiger partial charge in [-0.05, 0) is 32.1 Å². The van der Waals surface area contributed by atoms with E-state index in [1.54, 1.807) is 0 Å². The number of rotatable bonds is 5. The summed E-state index contributed by atoms with van der Waals surface area (Å²) in [6, 6.07) is 0. The molecule has 2 rings (SSSR count). The highest BCUT2D eigenvalue weighted by Crippen LogP contribution is 2.41. The molecule has 2 unspecified atom stereocenters. The van der Waals surface area contributed by atoms with E-state index in [4.69, 9.17) is 9.26 Å². The molecule has 0 spiro atoms. The Balaban J connectivity index is 2.19. The molecule has 0 saturated heterocycles. The van der Waals surface area contributed by atoms with Crippen LogP contribution in [0.1, 0.15) is 51.2 Å². The minimum absolute atomic E-state index is 0.00125. The summed E-state index contributed by atoms with van der Waals surface area (Å²) in [5.74, 6) is 1.02. The summed E-state index contributed by atoms with van der Waals surface area (Å²) >= 11 is 0. The first-order valence-corrected chi connectivity index (χ1v) is 7.13. The van der Waals surface area contributed by atoms with Crippen molar-refractivity contribution in [2.24, 2.45) is 5.92 Å². The maximum atomic E-state index is 11.2. The molecule has 112 valence electrons. The second-order valence-corrected chi connectivity index (χ2v) is 5.39. The number of ether oxygens (including phenoxy) is 2. The molecular formula is C14H22N2O4. The van der Waals surface area contributed by atoms with Crippen molar-refractivity contribution in [3.8, 4) is 0 Å². The number of esters is 1. The van der Waals surface area contributed by atoms with Crippen LogP contribution in [0.15, 0.2) is 4.52 Å². The van der Waals surface area contributed by atoms with E-state index in [1.807, 2.05) is 6.92 Å². The number of aromatic nitrogens is 2. The monoisotopic (exact) mass is 282 g/mol. The van der Waals surface area contributed by atoms with Crippen LogP contribution in [0.3, 0.4) is 0 Å². The van der Waals surface area contributed by atoms with Gasteiger partial charge in [-0.15, -0.1) is 0 Å². The van der Waals surface area contributed by atoms with Gasteiger partial charge in [0.05, 0.1) is 7.11 Å². The highest BCUT2D eigenvalue weighted by molar-refractivity contribution is 5.71. The summed E-state index contributed by atoms with van der Waals surface area (Å²) in [5, 5.41) is 4.03. The first-order valence-electron chi connectivity index (χ1n) is 7.13. The summed E-state index contributed by atoms with van der Waals surface area (Å²) in [6.45, 7) is 4.78. The van der Waals surface area contributed by atoms with Gasteiger partial charge in [0, 0.05) is 6.61 Å². The van der Waals surface area contributed by atoms with Crippen molar-refractivity contribution in [3.63, 3.8) is 0 Å². The normalized spacial score (nSPS) is 26.4. The van der Waals surface area contributed by atoms with E-state index in [0.29, 0.717) is 18.3 Å². The molecule has 1 aliphatic carbocycles. The number of hydrogen-bond acceptors (Lipinski definition) is 6. The number of carbonyl (C=O) groups excluding carboxylic acids is 1. The Labute approximate surface area is 118 Å². The van der Waals surface area contributed by atoms with Gasteiger partial charge >= 0.3 is 5.97 Å². The molecule has 1 fully saturated rings. The molecule has 1 aliphatic rings. The first-order chi connectivity index (χ1) is 9.59. The van der Waals surface area contributed by atoms with Crippen molar-refractivity contribution in [1.82, 2.24) is 10.1 Å². The zero-order chi connectivity index (χ0) is 14.6. The predicted octanol–water partition coefficient (Wildman–Crippen LogP) is 2.23. The Hall–Kier alpha value is -1.43. The third kappa shape index (κ3) is 3.17. The highest BCUT2D eigenvalue weighted by atomic mass is 16.5. The van der Waals surface area contributed by atoms with Gasteiger partial charge in [-0.1, -0.05) is 18.5 Å². The molecule has 1 aromatic rings. The Bertz CT molecular complexity index is 456. The van der Waals surface area contributed by atoms with Crippen LogP contribution in [0.5, 0.6) is 0 Å². The lowest BCUT2D eigenvalue weighted by Crippen LogP contribution is -2.36. The van der Waals surface area contributed by atoms with Crippen molar-refractivity contribution in [3.05, 3.63) is 11.7 Å². The molecule has 0 radical (unpaired) electrons. The highest BCUT2D eigenvalue weighted by Gasteiger charge is 2.41. The van der Waals surface area contributed by atoms with Gasteiger partial charge in [0.15, 0.2) is 0 Å². The van der Waals surface area contributed by atoms with Crippen LogP contribution in [-0.2, 0) is 26.3 Å². The van der Waals surface area contributed by atoms with E-state index in [-0.39, 0.29) is 18.3 Å². The maximum absolute atomic E-state index is 11.2. The van der Waals surface area contributed by atoms with Crippen molar-refractivity contribution in [1.29, 1.82) is 0 Å². The van der Waals surface area contributed by atoms with Crippen molar-refractivity contribution < 1.29 is 18.8 Å². The summed E-state index contributed by atoms with van der Waals surface area (Å²) in [7, 11) is 1.34. The standard InChI is InChI=1S/C14H22N2O4/c1-4-19-14(7-5-6-10(2)9-14)13-15-11(20-16-13)8-12(17)18-3/h10H,4-9H2,1-3H3. The predicted molar refractivity (Wildman–Crippen MR) is 71.0 cm³/mol. The lowest BCUT2D eigenvalue weighted by Gasteiger charge is -2.37. The van der Waals surface area contributed by atoms with Crippen molar-refractivity contribution >= 4 is 5.97 Å². The molecule has 20 heavy (non-hydrogen) atoms. The van der Waals surface area contributed by atoms with Crippen LogP contribution >= 0.6 is 0 Å². The largest absolute Gasteiger partial charge is 0.469 e. The number of nitrogens with zero attached hydrogens (tertiary/aromatic N) is 2. The van der Waals surface area contributed by atoms with Gasteiger partial charge in [-0.2, -0.15) is 4.98 Å². The van der Waals surface area contributed by atoms with E-state index in [2.05, 4.69) is 21.8 Å². The summed E-state index contributed by atoms with van der Waals surface area (Å²) in [5.41, 5.74) is -0.468. The molecular weight excluding hydrogens is 260 g/mol. The Morgan fingerprint density at radius 3 is 3.00 bits per heavy atom. The summed E-state index contributed by atoms with van der Waals surface area (Å²) in [6.07, 6.45) is 4.06. The molecule has 1 saturated carbocycles. The van der Waals surface area contributed by atoms with Gasteiger partial charge in [0.25, 0.3) is 0 Å². The second-order valence-electron chi connectivity index (χ2n) is 5.39. The fraction of sp³-hybridized carbons (Fsp3) is 0.786. The second kappa shape index (κ2) is 6.35. The van der Waals surface area contributed by atoms with Crippen molar-refractivity contribution in [2.75, 3.05) is 13.7 Å². The van der Waals surface area contributed by atoms with Crippen LogP contribution in [-0.4, -0.2) is 29.8 Å². The molecule has 2 atom stereocenters. The molecule has 0 aromatic carbocycles. The zero-order valence-electron chi connectivity index (χ0n) is 12.3. The minimum Gasteiger partial charge on any atom is -0.469 e. The number of methoxy groups -OCH3 is 1. The molecule has 0 aliphatic heterocycles. The number of hydrogen-bond donors (Lipinski definition) is 0. The first kappa shape index (κ1) is 15.0. The Morgan fingerprint density at radius 2 is 2.35 bits per heavy atom. The average Bonchev–Trinajstić information content (AvgIpc) is 2.88. The van der Waals surface area contributed by atoms with Crippen LogP contribution in [0.2, 0.25) is 0 Å². The average molecular weight is 282 g/mol.